The Hall–Kier alpha value is -6.08. The van der Waals surface area contributed by atoms with E-state index < -0.39 is 37.4 Å². The average Bonchev–Trinajstić information content (AvgIpc) is 3.92. The minimum absolute atomic E-state index is 0.0329. The van der Waals surface area contributed by atoms with Crippen LogP contribution in [0.5, 0.6) is 0 Å². The number of fused-ring (bicyclic) bond motifs is 2. The summed E-state index contributed by atoms with van der Waals surface area (Å²) in [6.07, 6.45) is 10.1. The van der Waals surface area contributed by atoms with Crippen molar-refractivity contribution in [3.63, 3.8) is 0 Å². The Morgan fingerprint density at radius 2 is 1.08 bits per heavy atom. The molecular weight excluding hydrogens is 1020 g/mol. The second kappa shape index (κ2) is 19.8. The summed E-state index contributed by atoms with van der Waals surface area (Å²) >= 11 is 6.86. The lowest BCUT2D eigenvalue weighted by atomic mass is 10.0. The van der Waals surface area contributed by atoms with Crippen LogP contribution in [0.2, 0.25) is 0 Å². The van der Waals surface area contributed by atoms with E-state index in [1.165, 1.54) is 48.7 Å². The minimum atomic E-state index is -3.66. The van der Waals surface area contributed by atoms with Crippen molar-refractivity contribution in [1.29, 1.82) is 0 Å². The van der Waals surface area contributed by atoms with E-state index >= 15 is 0 Å². The van der Waals surface area contributed by atoms with Gasteiger partial charge in [-0.25, -0.2) is 35.6 Å². The Morgan fingerprint density at radius 1 is 0.606 bits per heavy atom. The molecule has 2 N–H and O–H groups in total. The largest absolute Gasteiger partial charge is 0.345 e. The molecule has 8 aromatic rings. The minimum Gasteiger partial charge on any atom is -0.345 e. The third-order valence-corrected chi connectivity index (χ3v) is 13.8. The maximum atomic E-state index is 13.4. The van der Waals surface area contributed by atoms with Gasteiger partial charge in [-0.2, -0.15) is 0 Å². The van der Waals surface area contributed by atoms with Crippen LogP contribution in [-0.2, 0) is 19.7 Å². The number of carbonyl (C=O) groups is 2. The van der Waals surface area contributed by atoms with Gasteiger partial charge in [0.25, 0.3) is 11.8 Å². The Balaban J connectivity index is 0.000000199. The molecule has 0 aliphatic carbocycles. The van der Waals surface area contributed by atoms with Crippen LogP contribution in [0.25, 0.3) is 33.2 Å². The van der Waals surface area contributed by atoms with E-state index in [4.69, 9.17) is 0 Å². The number of nitrogens with zero attached hydrogens (tertiary/aromatic N) is 4. The number of hydrogen-bond donors (Lipinski definition) is 2. The topological polar surface area (TPSA) is 162 Å². The molecule has 12 nitrogen and oxygen atoms in total. The first-order chi connectivity index (χ1) is 31.3. The van der Waals surface area contributed by atoms with Gasteiger partial charge in [-0.1, -0.05) is 41.9 Å². The molecule has 0 spiro atoms. The first-order valence-electron chi connectivity index (χ1n) is 20.4. The number of nitrogens with one attached hydrogen (secondary N) is 2. The van der Waals surface area contributed by atoms with Gasteiger partial charge in [0.2, 0.25) is 0 Å². The van der Waals surface area contributed by atoms with E-state index in [9.17, 15) is 35.2 Å². The molecule has 0 unspecified atom stereocenters. The zero-order valence-corrected chi connectivity index (χ0v) is 40.6. The van der Waals surface area contributed by atoms with Crippen LogP contribution < -0.4 is 10.6 Å². The van der Waals surface area contributed by atoms with Gasteiger partial charge in [-0.05, 0) is 137 Å². The second-order valence-corrected chi connectivity index (χ2v) is 21.1. The van der Waals surface area contributed by atoms with Crippen LogP contribution in [0.15, 0.2) is 153 Å². The smallest absolute Gasteiger partial charge is 0.252 e. The molecule has 0 fully saturated rings. The molecule has 0 saturated heterocycles. The van der Waals surface area contributed by atoms with E-state index in [1.807, 2.05) is 54.9 Å². The van der Waals surface area contributed by atoms with Crippen LogP contribution in [-0.4, -0.2) is 60.3 Å². The first-order valence-corrected chi connectivity index (χ1v) is 25.8. The molecule has 0 saturated carbocycles. The van der Waals surface area contributed by atoms with E-state index in [0.29, 0.717) is 34.1 Å². The zero-order chi connectivity index (χ0) is 47.5. The fraction of sp³-hybridized carbons (Fsp3) is 0.167. The third-order valence-electron chi connectivity index (χ3n) is 10.8. The Labute approximate surface area is 397 Å². The highest BCUT2D eigenvalue weighted by Gasteiger charge is 2.23. The lowest BCUT2D eigenvalue weighted by Gasteiger charge is -2.18. The summed E-state index contributed by atoms with van der Waals surface area (Å²) in [7, 11) is -7.12. The summed E-state index contributed by atoms with van der Waals surface area (Å²) in [6, 6.07) is 28.3. The Bertz CT molecular complexity index is 3310. The Kier molecular flexibility index (Phi) is 14.4. The maximum Gasteiger partial charge on any atom is 0.252 e. The molecule has 0 radical (unpaired) electrons. The quantitative estimate of drug-likeness (QED) is 0.114. The Morgan fingerprint density at radius 3 is 1.50 bits per heavy atom. The van der Waals surface area contributed by atoms with Gasteiger partial charge in [-0.15, -0.1) is 0 Å². The molecule has 4 aromatic heterocycles. The number of halogens is 4. The third kappa shape index (κ3) is 10.8. The summed E-state index contributed by atoms with van der Waals surface area (Å²) in [5.74, 6) is -1.35. The summed E-state index contributed by atoms with van der Waals surface area (Å²) in [5.41, 5.74) is 5.05. The van der Waals surface area contributed by atoms with Crippen LogP contribution in [0.3, 0.4) is 0 Å². The van der Waals surface area contributed by atoms with Gasteiger partial charge in [0.1, 0.15) is 16.2 Å². The molecule has 66 heavy (non-hydrogen) atoms. The number of amides is 2. The van der Waals surface area contributed by atoms with Crippen LogP contribution >= 0.6 is 31.9 Å². The average molecular weight is 1060 g/mol. The molecule has 0 aliphatic heterocycles. The summed E-state index contributed by atoms with van der Waals surface area (Å²) in [6.45, 7) is 3.87. The lowest BCUT2D eigenvalue weighted by molar-refractivity contribution is 0.0928. The number of rotatable bonds is 12. The van der Waals surface area contributed by atoms with Gasteiger partial charge in [0.15, 0.2) is 24.7 Å². The number of pyridine rings is 2. The van der Waals surface area contributed by atoms with E-state index in [2.05, 4.69) is 52.5 Å². The summed E-state index contributed by atoms with van der Waals surface area (Å²) in [5, 5.41) is 7.29. The lowest BCUT2D eigenvalue weighted by Crippen LogP contribution is -2.28. The van der Waals surface area contributed by atoms with Crippen molar-refractivity contribution in [3.8, 4) is 11.4 Å². The molecule has 18 heteroatoms. The first kappa shape index (κ1) is 47.9. The molecule has 0 bridgehead atoms. The van der Waals surface area contributed by atoms with Crippen molar-refractivity contribution in [2.45, 2.75) is 48.7 Å². The van der Waals surface area contributed by atoms with Gasteiger partial charge in [-0.3, -0.25) is 9.59 Å². The number of carbonyl (C=O) groups excluding carboxylic acids is 2. The van der Waals surface area contributed by atoms with Crippen molar-refractivity contribution in [2.24, 2.45) is 0 Å². The van der Waals surface area contributed by atoms with Crippen LogP contribution in [0, 0.1) is 11.6 Å². The zero-order valence-electron chi connectivity index (χ0n) is 35.8. The molecule has 4 heterocycles. The van der Waals surface area contributed by atoms with Crippen molar-refractivity contribution >= 4 is 85.2 Å². The SMILES string of the molecule is CC[C@H](NC(=O)c1cc(Br)cc2c1ccn2-c1ccc(F)cc1)c1ccc(Br)nc1.CC[C@H](NC(=O)c1cc(S(C)(=O)=O)cc2c1ccn2-c1ccc(F)cc1)c1ccc(S(C)(=O)=O)nc1. The summed E-state index contributed by atoms with van der Waals surface area (Å²) < 4.78 is 80.2. The number of sulfone groups is 2. The number of aromatic nitrogens is 4. The molecular formula is C48H42Br2F2N6O6S2. The van der Waals surface area contributed by atoms with Crippen LogP contribution in [0.1, 0.15) is 70.6 Å². The van der Waals surface area contributed by atoms with Crippen molar-refractivity contribution < 1.29 is 35.2 Å². The van der Waals surface area contributed by atoms with E-state index in [0.717, 1.165) is 50.2 Å². The second-order valence-electron chi connectivity index (χ2n) is 15.4. The highest BCUT2D eigenvalue weighted by Crippen LogP contribution is 2.31. The molecule has 4 aromatic carbocycles. The van der Waals surface area contributed by atoms with Crippen molar-refractivity contribution in [3.05, 3.63) is 177 Å². The van der Waals surface area contributed by atoms with Crippen molar-refractivity contribution in [1.82, 2.24) is 29.7 Å². The fourth-order valence-corrected chi connectivity index (χ4v) is 9.29. The molecule has 2 amide bonds. The van der Waals surface area contributed by atoms with Gasteiger partial charge < -0.3 is 19.8 Å². The maximum absolute atomic E-state index is 13.4. The molecule has 0 aliphatic rings. The normalized spacial score (nSPS) is 12.6. The van der Waals surface area contributed by atoms with E-state index in [-0.39, 0.29) is 33.3 Å². The monoisotopic (exact) mass is 1060 g/mol. The van der Waals surface area contributed by atoms with Gasteiger partial charge in [0.05, 0.1) is 33.6 Å². The predicted molar refractivity (Wildman–Crippen MR) is 258 cm³/mol. The predicted octanol–water partition coefficient (Wildman–Crippen LogP) is 10.4. The molecule has 2 atom stereocenters. The molecule has 340 valence electrons. The number of hydrogen-bond acceptors (Lipinski definition) is 8. The van der Waals surface area contributed by atoms with E-state index in [1.54, 1.807) is 53.4 Å². The highest BCUT2D eigenvalue weighted by atomic mass is 79.9. The van der Waals surface area contributed by atoms with Crippen molar-refractivity contribution in [2.75, 3.05) is 12.5 Å². The summed E-state index contributed by atoms with van der Waals surface area (Å²) in [4.78, 5) is 34.8. The van der Waals surface area contributed by atoms with Crippen LogP contribution in [0.4, 0.5) is 8.78 Å². The van der Waals surface area contributed by atoms with Gasteiger partial charge in [0, 0.05) is 69.5 Å². The fourth-order valence-electron chi connectivity index (χ4n) is 7.39. The van der Waals surface area contributed by atoms with Gasteiger partial charge >= 0.3 is 0 Å². The number of benzene rings is 4. The highest BCUT2D eigenvalue weighted by molar-refractivity contribution is 9.10. The molecule has 8 rings (SSSR count). The standard InChI is InChI=1S/C25H24FN3O5S2.C23H18Br2FN3O/c1-4-22(16-5-10-24(27-15-16)36(3,33)34)28-25(30)21-13-19(35(2,31)32)14-23-20(21)11-12-29(23)18-8-6-17(26)7-9-18;1-2-20(14-3-8-22(25)27-13-14)28-23(30)19-11-15(24)12-21-18(19)9-10-29(21)17-6-4-16(26)5-7-17/h5-15,22H,4H2,1-3H3,(H,28,30);3-13,20H,2H2,1H3,(H,28,30)/t22-;20-/m00/s1.